The monoisotopic (exact) mass is 507 g/mol. The molecule has 6 rings (SSSR count). The van der Waals surface area contributed by atoms with Crippen molar-refractivity contribution in [1.82, 2.24) is 24.1 Å². The molecule has 2 unspecified atom stereocenters. The molecule has 0 bridgehead atoms. The third-order valence-corrected chi connectivity index (χ3v) is 8.95. The Hall–Kier alpha value is -2.75. The van der Waals surface area contributed by atoms with Crippen LogP contribution in [-0.4, -0.2) is 80.2 Å². The summed E-state index contributed by atoms with van der Waals surface area (Å²) in [5.41, 5.74) is 3.25. The Kier molecular flexibility index (Phi) is 6.77. The number of morpholine rings is 1. The molecule has 0 radical (unpaired) electrons. The van der Waals surface area contributed by atoms with Gasteiger partial charge in [-0.3, -0.25) is 13.7 Å². The summed E-state index contributed by atoms with van der Waals surface area (Å²) in [5, 5.41) is 5.00. The smallest absolute Gasteiger partial charge is 0.274 e. The Morgan fingerprint density at radius 2 is 1.86 bits per heavy atom. The number of fused-ring (bicyclic) bond motifs is 3. The molecule has 3 aliphatic rings. The van der Waals surface area contributed by atoms with E-state index in [1.54, 1.807) is 0 Å². The van der Waals surface area contributed by atoms with Crippen molar-refractivity contribution in [1.29, 1.82) is 0 Å². The van der Waals surface area contributed by atoms with E-state index in [4.69, 9.17) is 9.84 Å². The minimum atomic E-state index is -1.19. The molecular weight excluding hydrogens is 474 g/mol. The first kappa shape index (κ1) is 23.6. The quantitative estimate of drug-likeness (QED) is 0.513. The summed E-state index contributed by atoms with van der Waals surface area (Å²) in [7, 11) is -1.19. The average Bonchev–Trinajstić information content (AvgIpc) is 3.57. The Morgan fingerprint density at radius 3 is 2.69 bits per heavy atom. The zero-order chi connectivity index (χ0) is 24.5. The van der Waals surface area contributed by atoms with E-state index in [1.165, 1.54) is 0 Å². The first-order valence-electron chi connectivity index (χ1n) is 13.0. The third kappa shape index (κ3) is 4.55. The fraction of sp³-hybridized carbons (Fsp3) is 0.481. The van der Waals surface area contributed by atoms with E-state index in [2.05, 4.69) is 38.7 Å². The van der Waals surface area contributed by atoms with Gasteiger partial charge in [0.2, 0.25) is 0 Å². The van der Waals surface area contributed by atoms with E-state index >= 15 is 0 Å². The number of piperidine rings is 1. The minimum Gasteiger partial charge on any atom is -0.378 e. The maximum Gasteiger partial charge on any atom is 0.274 e. The lowest BCUT2D eigenvalue weighted by atomic mass is 10.0. The molecular formula is C27H33N5O3S. The third-order valence-electron chi connectivity index (χ3n) is 7.56. The van der Waals surface area contributed by atoms with Gasteiger partial charge in [-0.1, -0.05) is 18.2 Å². The van der Waals surface area contributed by atoms with E-state index in [0.717, 1.165) is 67.2 Å². The Bertz CT molecular complexity index is 1250. The van der Waals surface area contributed by atoms with E-state index in [1.807, 2.05) is 29.2 Å². The molecule has 2 saturated heterocycles. The predicted molar refractivity (Wildman–Crippen MR) is 138 cm³/mol. The maximum atomic E-state index is 13.6. The molecule has 1 aromatic carbocycles. The second-order valence-electron chi connectivity index (χ2n) is 9.88. The van der Waals surface area contributed by atoms with Gasteiger partial charge in [0.15, 0.2) is 5.69 Å². The summed E-state index contributed by atoms with van der Waals surface area (Å²) in [6, 6.07) is 12.2. The lowest BCUT2D eigenvalue weighted by Crippen LogP contribution is -2.41. The van der Waals surface area contributed by atoms with Crippen LogP contribution in [0, 0.1) is 0 Å². The molecule has 5 heterocycles. The molecule has 2 atom stereocenters. The van der Waals surface area contributed by atoms with Crippen molar-refractivity contribution in [3.05, 3.63) is 60.0 Å². The number of benzene rings is 1. The second-order valence-corrected chi connectivity index (χ2v) is 11.3. The normalized spacial score (nSPS) is 22.3. The van der Waals surface area contributed by atoms with Crippen LogP contribution in [0.5, 0.6) is 0 Å². The zero-order valence-corrected chi connectivity index (χ0v) is 21.4. The summed E-state index contributed by atoms with van der Waals surface area (Å²) < 4.78 is 23.0. The number of amides is 1. The highest BCUT2D eigenvalue weighted by atomic mass is 32.2. The molecule has 0 N–H and O–H groups in total. The first-order chi connectivity index (χ1) is 17.7. The Morgan fingerprint density at radius 1 is 1.06 bits per heavy atom. The summed E-state index contributed by atoms with van der Waals surface area (Å²) in [4.78, 5) is 18.8. The minimum absolute atomic E-state index is 0.0657. The van der Waals surface area contributed by atoms with E-state index in [-0.39, 0.29) is 11.9 Å². The molecule has 3 aliphatic heterocycles. The molecule has 3 aromatic rings. The van der Waals surface area contributed by atoms with Gasteiger partial charge in [0.25, 0.3) is 5.91 Å². The number of hydrogen-bond donors (Lipinski definition) is 0. The van der Waals surface area contributed by atoms with Crippen molar-refractivity contribution in [3.8, 4) is 11.3 Å². The SMILES string of the molecule is O=C(c1nn(C2CCCN(CCCn3cccc3)C2)c2c1CS(=O)c1ccccc1-2)N1CCOCC1. The van der Waals surface area contributed by atoms with Gasteiger partial charge in [-0.25, -0.2) is 0 Å². The van der Waals surface area contributed by atoms with Crippen LogP contribution in [0.15, 0.2) is 53.7 Å². The summed E-state index contributed by atoms with van der Waals surface area (Å²) in [6.45, 7) is 6.29. The van der Waals surface area contributed by atoms with Crippen LogP contribution in [0.4, 0.5) is 0 Å². The molecule has 190 valence electrons. The number of nitrogens with zero attached hydrogens (tertiary/aromatic N) is 5. The molecule has 9 heteroatoms. The van der Waals surface area contributed by atoms with Crippen LogP contribution in [0.25, 0.3) is 11.3 Å². The van der Waals surface area contributed by atoms with Crippen LogP contribution in [0.1, 0.15) is 41.4 Å². The van der Waals surface area contributed by atoms with Crippen LogP contribution in [-0.2, 0) is 27.8 Å². The maximum absolute atomic E-state index is 13.6. The van der Waals surface area contributed by atoms with E-state index in [0.29, 0.717) is 37.8 Å². The highest BCUT2D eigenvalue weighted by Crippen LogP contribution is 2.40. The lowest BCUT2D eigenvalue weighted by Gasteiger charge is -2.34. The van der Waals surface area contributed by atoms with Crippen LogP contribution in [0.3, 0.4) is 0 Å². The van der Waals surface area contributed by atoms with Crippen molar-refractivity contribution >= 4 is 16.7 Å². The number of rotatable bonds is 6. The predicted octanol–water partition coefficient (Wildman–Crippen LogP) is 3.17. The molecule has 0 saturated carbocycles. The van der Waals surface area contributed by atoms with Crippen molar-refractivity contribution in [2.45, 2.75) is 42.5 Å². The van der Waals surface area contributed by atoms with Crippen molar-refractivity contribution in [2.75, 3.05) is 45.9 Å². The highest BCUT2D eigenvalue weighted by molar-refractivity contribution is 7.84. The van der Waals surface area contributed by atoms with E-state index < -0.39 is 10.8 Å². The van der Waals surface area contributed by atoms with E-state index in [9.17, 15) is 9.00 Å². The van der Waals surface area contributed by atoms with Gasteiger partial charge < -0.3 is 19.1 Å². The number of ether oxygens (including phenoxy) is 1. The number of aryl methyl sites for hydroxylation is 1. The van der Waals surface area contributed by atoms with Crippen LogP contribution < -0.4 is 0 Å². The van der Waals surface area contributed by atoms with Gasteiger partial charge in [-0.2, -0.15) is 5.10 Å². The molecule has 1 amide bonds. The van der Waals surface area contributed by atoms with Gasteiger partial charge in [-0.05, 0) is 50.6 Å². The standard InChI is InChI=1S/C27H33N5O3S/c33-27(31-15-17-35-18-16-31)25-23-20-36(34)24-9-2-1-8-22(24)26(23)32(28-25)21-7-5-12-30(19-21)14-6-13-29-10-3-4-11-29/h1-4,8-11,21H,5-7,12-20H2. The Labute approximate surface area is 214 Å². The number of aromatic nitrogens is 3. The number of hydrogen-bond acceptors (Lipinski definition) is 5. The van der Waals surface area contributed by atoms with Crippen LogP contribution >= 0.6 is 0 Å². The Balaban J connectivity index is 1.30. The number of carbonyl (C=O) groups excluding carboxylic acids is 1. The van der Waals surface area contributed by atoms with Gasteiger partial charge in [-0.15, -0.1) is 0 Å². The largest absolute Gasteiger partial charge is 0.378 e. The molecule has 2 fully saturated rings. The zero-order valence-electron chi connectivity index (χ0n) is 20.6. The lowest BCUT2D eigenvalue weighted by molar-refractivity contribution is 0.0297. The summed E-state index contributed by atoms with van der Waals surface area (Å²) in [6.07, 6.45) is 7.45. The number of likely N-dealkylation sites (tertiary alicyclic amines) is 1. The molecule has 8 nitrogen and oxygen atoms in total. The fourth-order valence-corrected chi connectivity index (χ4v) is 7.07. The summed E-state index contributed by atoms with van der Waals surface area (Å²) >= 11 is 0. The van der Waals surface area contributed by atoms with Gasteiger partial charge in [0.05, 0.1) is 41.5 Å². The van der Waals surface area contributed by atoms with Gasteiger partial charge >= 0.3 is 0 Å². The topological polar surface area (TPSA) is 72.6 Å². The number of carbonyl (C=O) groups is 1. The molecule has 2 aromatic heterocycles. The first-order valence-corrected chi connectivity index (χ1v) is 14.3. The average molecular weight is 508 g/mol. The van der Waals surface area contributed by atoms with Crippen molar-refractivity contribution < 1.29 is 13.7 Å². The van der Waals surface area contributed by atoms with Gasteiger partial charge in [0.1, 0.15) is 0 Å². The molecule has 0 aliphatic carbocycles. The fourth-order valence-electron chi connectivity index (χ4n) is 5.74. The highest BCUT2D eigenvalue weighted by Gasteiger charge is 2.36. The van der Waals surface area contributed by atoms with Crippen molar-refractivity contribution in [2.24, 2.45) is 0 Å². The van der Waals surface area contributed by atoms with Gasteiger partial charge in [0, 0.05) is 54.6 Å². The molecule has 36 heavy (non-hydrogen) atoms. The van der Waals surface area contributed by atoms with Crippen LogP contribution in [0.2, 0.25) is 0 Å². The summed E-state index contributed by atoms with van der Waals surface area (Å²) in [5.74, 6) is 0.273. The van der Waals surface area contributed by atoms with Crippen molar-refractivity contribution in [3.63, 3.8) is 0 Å². The second kappa shape index (κ2) is 10.3. The molecule has 0 spiro atoms.